The van der Waals surface area contributed by atoms with E-state index in [1.807, 2.05) is 24.9 Å². The molecule has 0 radical (unpaired) electrons. The highest BCUT2D eigenvalue weighted by molar-refractivity contribution is 5.95. The minimum atomic E-state index is -0.445. The van der Waals surface area contributed by atoms with Crippen LogP contribution in [-0.4, -0.2) is 24.3 Å². The molecule has 4 aromatic heterocycles. The van der Waals surface area contributed by atoms with Gasteiger partial charge < -0.3 is 13.7 Å². The van der Waals surface area contributed by atoms with Crippen LogP contribution in [0.25, 0.3) is 44.8 Å². The molecule has 0 spiro atoms. The van der Waals surface area contributed by atoms with Crippen molar-refractivity contribution < 1.29 is 13.3 Å². The summed E-state index contributed by atoms with van der Waals surface area (Å²) in [6, 6.07) is 5.94. The maximum atomic E-state index is 13.7. The summed E-state index contributed by atoms with van der Waals surface area (Å²) in [6.07, 6.45) is 4.75. The summed E-state index contributed by atoms with van der Waals surface area (Å²) in [5.41, 5.74) is 2.71. The monoisotopic (exact) mass is 365 g/mol. The number of hydrogen-bond acceptors (Lipinski definition) is 4. The lowest BCUT2D eigenvalue weighted by molar-refractivity contribution is 0.432. The topological polar surface area (TPSA) is 61.7 Å². The van der Waals surface area contributed by atoms with Gasteiger partial charge in [0.15, 0.2) is 0 Å². The molecule has 0 aliphatic carbocycles. The fourth-order valence-electron chi connectivity index (χ4n) is 3.39. The Hall–Kier alpha value is -3.55. The van der Waals surface area contributed by atoms with Crippen LogP contribution in [0.4, 0.5) is 8.78 Å². The van der Waals surface area contributed by atoms with E-state index in [9.17, 15) is 8.78 Å². The van der Waals surface area contributed by atoms with Gasteiger partial charge in [-0.25, -0.2) is 13.8 Å². The van der Waals surface area contributed by atoms with Crippen molar-refractivity contribution in [2.24, 2.45) is 14.1 Å². The van der Waals surface area contributed by atoms with Crippen LogP contribution in [0.3, 0.4) is 0 Å². The van der Waals surface area contributed by atoms with Gasteiger partial charge in [0.1, 0.15) is 17.3 Å². The third-order valence-electron chi connectivity index (χ3n) is 4.63. The molecule has 4 heterocycles. The molecule has 6 nitrogen and oxygen atoms in total. The zero-order valence-corrected chi connectivity index (χ0v) is 14.4. The van der Waals surface area contributed by atoms with E-state index in [0.29, 0.717) is 33.4 Å². The number of aryl methyl sites for hydroxylation is 2. The third kappa shape index (κ3) is 2.33. The number of aromatic nitrogens is 5. The lowest BCUT2D eigenvalue weighted by atomic mass is 10.1. The molecule has 0 aliphatic rings. The van der Waals surface area contributed by atoms with Gasteiger partial charge in [0.05, 0.1) is 11.8 Å². The first kappa shape index (κ1) is 15.7. The summed E-state index contributed by atoms with van der Waals surface area (Å²) < 4.78 is 36.4. The summed E-state index contributed by atoms with van der Waals surface area (Å²) in [6.45, 7) is 0. The largest absolute Gasteiger partial charge is 0.350 e. The van der Waals surface area contributed by atoms with Crippen LogP contribution in [0.2, 0.25) is 0 Å². The maximum Gasteiger partial charge on any atom is 0.260 e. The first-order valence-corrected chi connectivity index (χ1v) is 8.21. The van der Waals surface area contributed by atoms with Gasteiger partial charge in [0.25, 0.3) is 5.89 Å². The molecule has 0 amide bonds. The summed E-state index contributed by atoms with van der Waals surface area (Å²) in [5.74, 6) is -0.201. The van der Waals surface area contributed by atoms with Crippen molar-refractivity contribution in [3.63, 3.8) is 0 Å². The van der Waals surface area contributed by atoms with Crippen molar-refractivity contribution in [1.29, 1.82) is 0 Å². The Kier molecular flexibility index (Phi) is 3.18. The summed E-state index contributed by atoms with van der Waals surface area (Å²) >= 11 is 0. The highest BCUT2D eigenvalue weighted by Gasteiger charge is 2.19. The molecule has 0 fully saturated rings. The van der Waals surface area contributed by atoms with E-state index in [1.54, 1.807) is 16.8 Å². The average Bonchev–Trinajstić information content (AvgIpc) is 3.32. The molecule has 5 rings (SSSR count). The third-order valence-corrected chi connectivity index (χ3v) is 4.63. The zero-order valence-electron chi connectivity index (χ0n) is 14.4. The van der Waals surface area contributed by atoms with Crippen molar-refractivity contribution >= 4 is 21.9 Å². The van der Waals surface area contributed by atoms with Gasteiger partial charge in [-0.3, -0.25) is 0 Å². The second kappa shape index (κ2) is 5.47. The minimum Gasteiger partial charge on any atom is -0.350 e. The highest BCUT2D eigenvalue weighted by atomic mass is 19.1. The molecule has 0 aliphatic heterocycles. The summed E-state index contributed by atoms with van der Waals surface area (Å²) in [7, 11) is 3.67. The SMILES string of the molecule is Cn1cc(-c2noc(-c3cn(C)c4ncc(F)cc34)n2)c2cc(F)ccc21. The molecule has 0 saturated carbocycles. The summed E-state index contributed by atoms with van der Waals surface area (Å²) in [4.78, 5) is 8.56. The normalized spacial score (nSPS) is 11.7. The van der Waals surface area contributed by atoms with Gasteiger partial charge in [-0.2, -0.15) is 4.98 Å². The van der Waals surface area contributed by atoms with Gasteiger partial charge >= 0.3 is 0 Å². The average molecular weight is 365 g/mol. The lowest BCUT2D eigenvalue weighted by Gasteiger charge is -1.95. The predicted molar refractivity (Wildman–Crippen MR) is 95.8 cm³/mol. The van der Waals surface area contributed by atoms with Crippen LogP contribution in [0, 0.1) is 11.6 Å². The van der Waals surface area contributed by atoms with Crippen molar-refractivity contribution in [2.45, 2.75) is 0 Å². The van der Waals surface area contributed by atoms with E-state index in [0.717, 1.165) is 11.7 Å². The van der Waals surface area contributed by atoms with Crippen molar-refractivity contribution in [2.75, 3.05) is 0 Å². The van der Waals surface area contributed by atoms with Crippen LogP contribution in [0.5, 0.6) is 0 Å². The van der Waals surface area contributed by atoms with E-state index in [-0.39, 0.29) is 11.7 Å². The fraction of sp³-hybridized carbons (Fsp3) is 0.105. The number of pyridine rings is 1. The molecule has 0 unspecified atom stereocenters. The second-order valence-corrected chi connectivity index (χ2v) is 6.42. The van der Waals surface area contributed by atoms with Gasteiger partial charge in [0.2, 0.25) is 5.82 Å². The molecule has 0 bridgehead atoms. The molecule has 27 heavy (non-hydrogen) atoms. The Morgan fingerprint density at radius 3 is 2.56 bits per heavy atom. The van der Waals surface area contributed by atoms with Gasteiger partial charge in [-0.15, -0.1) is 0 Å². The number of nitrogens with zero attached hydrogens (tertiary/aromatic N) is 5. The van der Waals surface area contributed by atoms with E-state index >= 15 is 0 Å². The molecule has 134 valence electrons. The fourth-order valence-corrected chi connectivity index (χ4v) is 3.39. The van der Waals surface area contributed by atoms with Crippen molar-refractivity contribution in [3.05, 3.63) is 54.5 Å². The van der Waals surface area contributed by atoms with Crippen LogP contribution in [-0.2, 0) is 14.1 Å². The number of benzene rings is 1. The molecule has 8 heteroatoms. The molecule has 0 N–H and O–H groups in total. The molecule has 0 atom stereocenters. The molecule has 0 saturated heterocycles. The van der Waals surface area contributed by atoms with Gasteiger partial charge in [-0.1, -0.05) is 5.16 Å². The van der Waals surface area contributed by atoms with Crippen molar-refractivity contribution in [3.8, 4) is 22.8 Å². The van der Waals surface area contributed by atoms with Crippen LogP contribution >= 0.6 is 0 Å². The highest BCUT2D eigenvalue weighted by Crippen LogP contribution is 2.33. The van der Waals surface area contributed by atoms with E-state index in [1.165, 1.54) is 18.2 Å². The zero-order chi connectivity index (χ0) is 18.7. The molecule has 5 aromatic rings. The first-order chi connectivity index (χ1) is 13.0. The van der Waals surface area contributed by atoms with Gasteiger partial charge in [0, 0.05) is 48.3 Å². The first-order valence-electron chi connectivity index (χ1n) is 8.21. The molecular weight excluding hydrogens is 352 g/mol. The number of fused-ring (bicyclic) bond motifs is 2. The van der Waals surface area contributed by atoms with Gasteiger partial charge in [-0.05, 0) is 24.3 Å². The Morgan fingerprint density at radius 2 is 1.70 bits per heavy atom. The Morgan fingerprint density at radius 1 is 0.926 bits per heavy atom. The quantitative estimate of drug-likeness (QED) is 0.473. The Bertz CT molecular complexity index is 1230. The Labute approximate surface area is 151 Å². The number of halogens is 2. The minimum absolute atomic E-state index is 0.247. The van der Waals surface area contributed by atoms with E-state index in [4.69, 9.17) is 4.52 Å². The number of hydrogen-bond donors (Lipinski definition) is 0. The predicted octanol–water partition coefficient (Wildman–Crippen LogP) is 4.06. The van der Waals surface area contributed by atoms with E-state index < -0.39 is 5.82 Å². The smallest absolute Gasteiger partial charge is 0.260 e. The molecule has 1 aromatic carbocycles. The van der Waals surface area contributed by atoms with Crippen molar-refractivity contribution in [1.82, 2.24) is 24.3 Å². The Balaban J connectivity index is 1.68. The maximum absolute atomic E-state index is 13.7. The van der Waals surface area contributed by atoms with E-state index in [2.05, 4.69) is 15.1 Å². The van der Waals surface area contributed by atoms with Crippen LogP contribution in [0.15, 0.2) is 47.4 Å². The second-order valence-electron chi connectivity index (χ2n) is 6.42. The lowest BCUT2D eigenvalue weighted by Crippen LogP contribution is -1.87. The van der Waals surface area contributed by atoms with Crippen LogP contribution < -0.4 is 0 Å². The molecular formula is C19H13F2N5O. The van der Waals surface area contributed by atoms with Crippen LogP contribution in [0.1, 0.15) is 0 Å². The standard InChI is InChI=1S/C19H13F2N5O/c1-25-8-14(12-5-10(20)3-4-16(12)25)17-23-19(27-24-17)15-9-26(2)18-13(15)6-11(21)7-22-18/h3-9H,1-2H3. The number of rotatable bonds is 2. The summed E-state index contributed by atoms with van der Waals surface area (Å²) in [5, 5.41) is 5.32.